The molecule has 0 aliphatic carbocycles. The molecule has 0 heterocycles. The molecule has 0 saturated carbocycles. The number of hydrogen-bond acceptors (Lipinski definition) is 4. The van der Waals surface area contributed by atoms with E-state index in [-0.39, 0.29) is 0 Å². The van der Waals surface area contributed by atoms with Crippen molar-refractivity contribution in [3.8, 4) is 0 Å². The molecule has 1 N–H and O–H groups in total. The Morgan fingerprint density at radius 1 is 0.447 bits per heavy atom. The first-order chi connectivity index (χ1) is 17.2. The lowest BCUT2D eigenvalue weighted by molar-refractivity contribution is -0.884. The number of quaternary nitrogens is 3. The van der Waals surface area contributed by atoms with Gasteiger partial charge in [-0.2, -0.15) is 0 Å². The van der Waals surface area contributed by atoms with Crippen LogP contribution in [0, 0.1) is 0 Å². The number of hydrogen-bond donors (Lipinski definition) is 1. The highest BCUT2D eigenvalue weighted by atomic mass is 28.4. The van der Waals surface area contributed by atoms with Crippen molar-refractivity contribution in [2.45, 2.75) is 19.6 Å². The molecule has 38 heavy (non-hydrogen) atoms. The predicted molar refractivity (Wildman–Crippen MR) is 153 cm³/mol. The fourth-order valence-electron chi connectivity index (χ4n) is 3.39. The van der Waals surface area contributed by atoms with Crippen LogP contribution in [0.25, 0.3) is 0 Å². The van der Waals surface area contributed by atoms with Gasteiger partial charge in [0.2, 0.25) is 0 Å². The van der Waals surface area contributed by atoms with Gasteiger partial charge in [-0.3, -0.25) is 0 Å². The maximum absolute atomic E-state index is 8.69. The summed E-state index contributed by atoms with van der Waals surface area (Å²) >= 11 is 0. The van der Waals surface area contributed by atoms with E-state index >= 15 is 0 Å². The van der Waals surface area contributed by atoms with E-state index in [1.54, 1.807) is 0 Å². The molecule has 0 unspecified atom stereocenters. The lowest BCUT2D eigenvalue weighted by Gasteiger charge is -2.48. The van der Waals surface area contributed by atoms with Crippen LogP contribution in [0.2, 0.25) is 0 Å². The third kappa shape index (κ3) is 26.7. The van der Waals surface area contributed by atoms with Crippen molar-refractivity contribution in [2.75, 3.05) is 63.4 Å². The van der Waals surface area contributed by atoms with E-state index in [0.29, 0.717) is 0 Å². The van der Waals surface area contributed by atoms with Crippen molar-refractivity contribution in [1.82, 2.24) is 0 Å². The van der Waals surface area contributed by atoms with Crippen LogP contribution in [-0.4, -0.2) is 90.7 Å². The second kappa shape index (κ2) is 16.5. The van der Waals surface area contributed by atoms with E-state index < -0.39 is 9.05 Å². The quantitative estimate of drug-likeness (QED) is 0.374. The summed E-state index contributed by atoms with van der Waals surface area (Å²) in [7, 11) is 14.5. The lowest BCUT2D eigenvalue weighted by atomic mass is 10.2. The highest BCUT2D eigenvalue weighted by molar-refractivity contribution is 6.40. The summed E-state index contributed by atoms with van der Waals surface area (Å²) in [5.41, 5.74) is 4.21. The predicted octanol–water partition coefficient (Wildman–Crippen LogP) is 1.17. The van der Waals surface area contributed by atoms with Gasteiger partial charge in [0.05, 0.1) is 63.4 Å². The smallest absolute Gasteiger partial charge is 0.104 e. The Labute approximate surface area is 232 Å². The highest BCUT2D eigenvalue weighted by Crippen LogP contribution is 2.06. The fraction of sp³-hybridized carbons (Fsp3) is 0.400. The van der Waals surface area contributed by atoms with Crippen LogP contribution in [0.4, 0.5) is 0 Å². The van der Waals surface area contributed by atoms with Crippen molar-refractivity contribution in [3.05, 3.63) is 108 Å². The van der Waals surface area contributed by atoms with E-state index in [4.69, 9.17) is 19.2 Å². The molecule has 3 rings (SSSR count). The summed E-state index contributed by atoms with van der Waals surface area (Å²) in [5.74, 6) is 0. The molecule has 0 amide bonds. The van der Waals surface area contributed by atoms with Crippen LogP contribution < -0.4 is 14.4 Å². The van der Waals surface area contributed by atoms with Gasteiger partial charge in [0, 0.05) is 16.7 Å². The summed E-state index contributed by atoms with van der Waals surface area (Å²) in [5, 5.41) is 0. The van der Waals surface area contributed by atoms with E-state index in [2.05, 4.69) is 154 Å². The highest BCUT2D eigenvalue weighted by Gasteiger charge is 2.08. The molecular weight excluding hydrogens is 494 g/mol. The Kier molecular flexibility index (Phi) is 15.5. The van der Waals surface area contributed by atoms with E-state index in [9.17, 15) is 0 Å². The standard InChI is InChI=1S/3C10H16N.HO4Si/c3*1-11(2,3)9-10-7-5-4-6-8-10;1-5(2,3)4/h3*4-8H,9H2,1-3H3;1H/q3*+1;-3. The minimum Gasteiger partial charge on any atom is -0.861 e. The van der Waals surface area contributed by atoms with Crippen LogP contribution in [-0.2, 0) is 19.6 Å². The maximum Gasteiger partial charge on any atom is 0.104 e. The molecule has 0 fully saturated rings. The zero-order chi connectivity index (χ0) is 29.5. The number of nitrogens with zero attached hydrogens (tertiary/aromatic N) is 3. The average molecular weight is 544 g/mol. The third-order valence-corrected chi connectivity index (χ3v) is 4.50. The van der Waals surface area contributed by atoms with Crippen LogP contribution in [0.5, 0.6) is 0 Å². The van der Waals surface area contributed by atoms with E-state index in [1.807, 2.05) is 0 Å². The van der Waals surface area contributed by atoms with Gasteiger partial charge in [0.15, 0.2) is 0 Å². The molecule has 3 aromatic carbocycles. The van der Waals surface area contributed by atoms with E-state index in [0.717, 1.165) is 33.1 Å². The van der Waals surface area contributed by atoms with Gasteiger partial charge >= 0.3 is 0 Å². The zero-order valence-corrected chi connectivity index (χ0v) is 25.8. The first-order valence-corrected chi connectivity index (χ1v) is 14.3. The Balaban J connectivity index is 0.000000497. The minimum atomic E-state index is -5.36. The fourth-order valence-corrected chi connectivity index (χ4v) is 3.39. The summed E-state index contributed by atoms with van der Waals surface area (Å²) in [6.45, 7) is 3.29. The van der Waals surface area contributed by atoms with Crippen LogP contribution in [0.15, 0.2) is 91.0 Å². The van der Waals surface area contributed by atoms with Crippen molar-refractivity contribution in [1.29, 1.82) is 0 Å². The Bertz CT molecular complexity index is 849. The van der Waals surface area contributed by atoms with Crippen molar-refractivity contribution in [2.24, 2.45) is 0 Å². The molecule has 212 valence electrons. The molecule has 0 saturated heterocycles. The lowest BCUT2D eigenvalue weighted by Crippen LogP contribution is -2.73. The molecular formula is C30H49N3O4Si. The van der Waals surface area contributed by atoms with Crippen molar-refractivity contribution >= 4 is 9.05 Å². The van der Waals surface area contributed by atoms with Gasteiger partial charge in [-0.05, 0) is 0 Å². The van der Waals surface area contributed by atoms with Gasteiger partial charge < -0.3 is 32.6 Å². The Morgan fingerprint density at radius 3 is 0.737 bits per heavy atom. The van der Waals surface area contributed by atoms with Gasteiger partial charge in [0.25, 0.3) is 0 Å². The summed E-state index contributed by atoms with van der Waals surface area (Å²) in [6, 6.07) is 31.7. The molecule has 0 bridgehead atoms. The monoisotopic (exact) mass is 543 g/mol. The molecule has 0 atom stereocenters. The summed E-state index contributed by atoms with van der Waals surface area (Å²) in [6.07, 6.45) is 0. The second-order valence-corrected chi connectivity index (χ2v) is 13.4. The minimum absolute atomic E-state index is 0.990. The van der Waals surface area contributed by atoms with Crippen LogP contribution >= 0.6 is 0 Å². The summed E-state index contributed by atoms with van der Waals surface area (Å²) in [4.78, 5) is 33.1. The maximum atomic E-state index is 8.69. The largest absolute Gasteiger partial charge is 0.861 e. The molecule has 3 aromatic rings. The molecule has 0 aliphatic heterocycles. The molecule has 7 nitrogen and oxygen atoms in total. The SMILES string of the molecule is C[N+](C)(C)Cc1ccccc1.C[N+](C)(C)Cc1ccccc1.C[N+](C)(C)Cc1ccccc1.[O-][Si]([O-])([O-])O. The zero-order valence-electron chi connectivity index (χ0n) is 24.8. The molecule has 0 spiro atoms. The van der Waals surface area contributed by atoms with Crippen molar-refractivity contribution < 1.29 is 32.6 Å². The number of benzene rings is 3. The topological polar surface area (TPSA) is 89.4 Å². The second-order valence-electron chi connectivity index (χ2n) is 12.3. The van der Waals surface area contributed by atoms with Crippen LogP contribution in [0.3, 0.4) is 0 Å². The van der Waals surface area contributed by atoms with Crippen molar-refractivity contribution in [3.63, 3.8) is 0 Å². The molecule has 0 aromatic heterocycles. The average Bonchev–Trinajstić information content (AvgIpc) is 2.72. The van der Waals surface area contributed by atoms with Crippen LogP contribution in [0.1, 0.15) is 16.7 Å². The van der Waals surface area contributed by atoms with Gasteiger partial charge in [-0.15, -0.1) is 9.05 Å². The normalized spacial score (nSPS) is 11.6. The Hall–Kier alpha value is -2.40. The molecule has 0 radical (unpaired) electrons. The third-order valence-electron chi connectivity index (χ3n) is 4.50. The molecule has 0 aliphatic rings. The Morgan fingerprint density at radius 2 is 0.605 bits per heavy atom. The van der Waals surface area contributed by atoms with E-state index in [1.165, 1.54) is 16.7 Å². The van der Waals surface area contributed by atoms with Gasteiger partial charge in [-0.1, -0.05) is 91.0 Å². The van der Waals surface area contributed by atoms with Gasteiger partial charge in [0.1, 0.15) is 19.6 Å². The first kappa shape index (κ1) is 35.6. The van der Waals surface area contributed by atoms with Gasteiger partial charge in [-0.25, -0.2) is 0 Å². The summed E-state index contributed by atoms with van der Waals surface area (Å²) < 4.78 is 2.97. The first-order valence-electron chi connectivity index (χ1n) is 12.6. The molecule has 8 heteroatoms. The number of rotatable bonds is 6.